The number of ether oxygens (including phenoxy) is 2. The number of nitro benzene ring substituents is 1. The van der Waals surface area contributed by atoms with Crippen LogP contribution in [0.5, 0.6) is 11.5 Å². The first-order valence-electron chi connectivity index (χ1n) is 5.81. The molecule has 0 bridgehead atoms. The van der Waals surface area contributed by atoms with Crippen LogP contribution in [0.3, 0.4) is 0 Å². The van der Waals surface area contributed by atoms with Crippen molar-refractivity contribution in [2.24, 2.45) is 0 Å². The average molecular weight is 291 g/mol. The first-order chi connectivity index (χ1) is 10.0. The zero-order valence-corrected chi connectivity index (χ0v) is 10.9. The zero-order valence-electron chi connectivity index (χ0n) is 10.9. The maximum Gasteiger partial charge on any atom is 0.337 e. The maximum atomic E-state index is 13.1. The molecule has 0 aliphatic heterocycles. The van der Waals surface area contributed by atoms with Crippen molar-refractivity contribution in [1.29, 1.82) is 0 Å². The number of carbonyl (C=O) groups is 1. The average Bonchev–Trinajstić information content (AvgIpc) is 2.46. The second-order valence-electron chi connectivity index (χ2n) is 3.99. The van der Waals surface area contributed by atoms with Crippen LogP contribution in [-0.4, -0.2) is 18.0 Å². The van der Waals surface area contributed by atoms with Gasteiger partial charge in [0.1, 0.15) is 11.6 Å². The fourth-order valence-corrected chi connectivity index (χ4v) is 1.65. The molecule has 0 radical (unpaired) electrons. The molecule has 0 atom stereocenters. The maximum absolute atomic E-state index is 13.1. The third kappa shape index (κ3) is 3.33. The number of hydrogen-bond acceptors (Lipinski definition) is 5. The van der Waals surface area contributed by atoms with Crippen LogP contribution < -0.4 is 4.74 Å². The number of nitrogens with zero attached hydrogens (tertiary/aromatic N) is 1. The lowest BCUT2D eigenvalue weighted by atomic mass is 10.2. The van der Waals surface area contributed by atoms with Gasteiger partial charge in [-0.25, -0.2) is 9.18 Å². The summed E-state index contributed by atoms with van der Waals surface area (Å²) in [6.07, 6.45) is 0. The second kappa shape index (κ2) is 6.00. The molecule has 21 heavy (non-hydrogen) atoms. The molecular formula is C14H10FNO5. The molecule has 6 nitrogen and oxygen atoms in total. The van der Waals surface area contributed by atoms with Gasteiger partial charge in [0.25, 0.3) is 0 Å². The molecule has 0 saturated carbocycles. The van der Waals surface area contributed by atoms with E-state index in [-0.39, 0.29) is 22.7 Å². The van der Waals surface area contributed by atoms with Crippen LogP contribution in [0.15, 0.2) is 42.5 Å². The molecule has 0 aromatic heterocycles. The van der Waals surface area contributed by atoms with Gasteiger partial charge in [-0.1, -0.05) is 6.07 Å². The number of esters is 1. The van der Waals surface area contributed by atoms with Crippen LogP contribution in [0.1, 0.15) is 10.4 Å². The van der Waals surface area contributed by atoms with Gasteiger partial charge in [-0.3, -0.25) is 10.1 Å². The van der Waals surface area contributed by atoms with Gasteiger partial charge in [-0.05, 0) is 18.2 Å². The molecule has 2 aromatic carbocycles. The highest BCUT2D eigenvalue weighted by Crippen LogP contribution is 2.32. The molecule has 2 rings (SSSR count). The summed E-state index contributed by atoms with van der Waals surface area (Å²) in [6.45, 7) is 0. The molecule has 0 aliphatic carbocycles. The summed E-state index contributed by atoms with van der Waals surface area (Å²) in [5, 5.41) is 11.0. The molecule has 0 spiro atoms. The highest BCUT2D eigenvalue weighted by Gasteiger charge is 2.19. The minimum atomic E-state index is -0.658. The first kappa shape index (κ1) is 14.4. The predicted octanol–water partition coefficient (Wildman–Crippen LogP) is 3.31. The Morgan fingerprint density at radius 3 is 2.62 bits per heavy atom. The fraction of sp³-hybridized carbons (Fsp3) is 0.0714. The Bertz CT molecular complexity index is 702. The van der Waals surface area contributed by atoms with E-state index in [4.69, 9.17) is 4.74 Å². The molecule has 0 N–H and O–H groups in total. The Balaban J connectivity index is 2.43. The Kier molecular flexibility index (Phi) is 4.13. The van der Waals surface area contributed by atoms with Crippen molar-refractivity contribution < 1.29 is 23.6 Å². The van der Waals surface area contributed by atoms with Crippen LogP contribution in [0.4, 0.5) is 10.1 Å². The van der Waals surface area contributed by atoms with Crippen LogP contribution in [0.2, 0.25) is 0 Å². The van der Waals surface area contributed by atoms with Crippen LogP contribution in [0.25, 0.3) is 0 Å². The van der Waals surface area contributed by atoms with E-state index in [9.17, 15) is 19.3 Å². The van der Waals surface area contributed by atoms with Crippen molar-refractivity contribution in [3.8, 4) is 11.5 Å². The van der Waals surface area contributed by atoms with Gasteiger partial charge >= 0.3 is 11.7 Å². The Morgan fingerprint density at radius 1 is 1.24 bits per heavy atom. The minimum absolute atomic E-state index is 0.0834. The van der Waals surface area contributed by atoms with Gasteiger partial charge in [-0.2, -0.15) is 0 Å². The van der Waals surface area contributed by atoms with Gasteiger partial charge in [0.05, 0.1) is 17.6 Å². The van der Waals surface area contributed by atoms with Gasteiger partial charge in [0.15, 0.2) is 0 Å². The fourth-order valence-electron chi connectivity index (χ4n) is 1.65. The van der Waals surface area contributed by atoms with Crippen molar-refractivity contribution >= 4 is 11.7 Å². The van der Waals surface area contributed by atoms with Crippen LogP contribution >= 0.6 is 0 Å². The normalized spacial score (nSPS) is 10.0. The summed E-state index contributed by atoms with van der Waals surface area (Å²) in [6, 6.07) is 8.69. The summed E-state index contributed by atoms with van der Waals surface area (Å²) in [7, 11) is 1.19. The van der Waals surface area contributed by atoms with E-state index >= 15 is 0 Å². The summed E-state index contributed by atoms with van der Waals surface area (Å²) < 4.78 is 22.9. The molecule has 0 amide bonds. The van der Waals surface area contributed by atoms with Gasteiger partial charge in [0, 0.05) is 18.2 Å². The molecule has 108 valence electrons. The second-order valence-corrected chi connectivity index (χ2v) is 3.99. The number of hydrogen-bond donors (Lipinski definition) is 0. The smallest absolute Gasteiger partial charge is 0.337 e. The van der Waals surface area contributed by atoms with Gasteiger partial charge in [0.2, 0.25) is 5.75 Å². The highest BCUT2D eigenvalue weighted by molar-refractivity contribution is 5.90. The van der Waals surface area contributed by atoms with E-state index in [1.165, 1.54) is 37.4 Å². The molecule has 7 heteroatoms. The van der Waals surface area contributed by atoms with E-state index in [1.807, 2.05) is 0 Å². The zero-order chi connectivity index (χ0) is 15.4. The van der Waals surface area contributed by atoms with E-state index in [1.54, 1.807) is 0 Å². The summed E-state index contributed by atoms with van der Waals surface area (Å²) in [5.74, 6) is -1.29. The number of carbonyl (C=O) groups excluding carboxylic acids is 1. The number of halogens is 1. The van der Waals surface area contributed by atoms with Crippen molar-refractivity contribution in [3.05, 3.63) is 64.0 Å². The SMILES string of the molecule is COC(=O)c1ccc([N+](=O)[O-])c(Oc2cccc(F)c2)c1. The third-order valence-electron chi connectivity index (χ3n) is 2.60. The number of methoxy groups -OCH3 is 1. The quantitative estimate of drug-likeness (QED) is 0.490. The molecule has 2 aromatic rings. The first-order valence-corrected chi connectivity index (χ1v) is 5.81. The molecule has 0 saturated heterocycles. The monoisotopic (exact) mass is 291 g/mol. The van der Waals surface area contributed by atoms with E-state index in [0.29, 0.717) is 0 Å². The Morgan fingerprint density at radius 2 is 2.00 bits per heavy atom. The number of nitro groups is 1. The molecule has 0 fully saturated rings. The highest BCUT2D eigenvalue weighted by atomic mass is 19.1. The third-order valence-corrected chi connectivity index (χ3v) is 2.60. The lowest BCUT2D eigenvalue weighted by Gasteiger charge is -2.08. The minimum Gasteiger partial charge on any atom is -0.465 e. The van der Waals surface area contributed by atoms with Gasteiger partial charge in [-0.15, -0.1) is 0 Å². The standard InChI is InChI=1S/C14H10FNO5/c1-20-14(17)9-5-6-12(16(18)19)13(7-9)21-11-4-2-3-10(15)8-11/h2-8H,1H3. The molecule has 0 unspecified atom stereocenters. The lowest BCUT2D eigenvalue weighted by Crippen LogP contribution is -2.02. The molecule has 0 aliphatic rings. The van der Waals surface area contributed by atoms with Crippen LogP contribution in [-0.2, 0) is 4.74 Å². The summed E-state index contributed by atoms with van der Waals surface area (Å²) in [5.41, 5.74) is -0.249. The largest absolute Gasteiger partial charge is 0.465 e. The number of rotatable bonds is 4. The predicted molar refractivity (Wildman–Crippen MR) is 70.9 cm³/mol. The molecule has 0 heterocycles. The summed E-state index contributed by atoms with van der Waals surface area (Å²) in [4.78, 5) is 21.8. The Hall–Kier alpha value is -2.96. The topological polar surface area (TPSA) is 78.7 Å². The van der Waals surface area contributed by atoms with E-state index in [2.05, 4.69) is 4.74 Å². The van der Waals surface area contributed by atoms with E-state index in [0.717, 1.165) is 12.1 Å². The lowest BCUT2D eigenvalue weighted by molar-refractivity contribution is -0.385. The van der Waals surface area contributed by atoms with Crippen molar-refractivity contribution in [2.75, 3.05) is 7.11 Å². The van der Waals surface area contributed by atoms with Crippen LogP contribution in [0, 0.1) is 15.9 Å². The van der Waals surface area contributed by atoms with Crippen molar-refractivity contribution in [3.63, 3.8) is 0 Å². The van der Waals surface area contributed by atoms with E-state index < -0.39 is 16.7 Å². The van der Waals surface area contributed by atoms with Crippen molar-refractivity contribution in [1.82, 2.24) is 0 Å². The molecular weight excluding hydrogens is 281 g/mol. The van der Waals surface area contributed by atoms with Crippen molar-refractivity contribution in [2.45, 2.75) is 0 Å². The van der Waals surface area contributed by atoms with Gasteiger partial charge < -0.3 is 9.47 Å². The Labute approximate surface area is 118 Å². The summed E-state index contributed by atoms with van der Waals surface area (Å²) >= 11 is 0. The number of benzene rings is 2.